The van der Waals surface area contributed by atoms with Crippen LogP contribution in [0, 0.1) is 0 Å². The van der Waals surface area contributed by atoms with Crippen LogP contribution in [0.1, 0.15) is 110 Å². The van der Waals surface area contributed by atoms with Crippen molar-refractivity contribution < 1.29 is 4.79 Å². The first-order valence-electron chi connectivity index (χ1n) is 11.7. The minimum atomic E-state index is 0.0417. The standard InChI is InChI=1S/C19H37NO.C3H6N6/c1-2-3-4-5-6-7-8-9-10-11-12-13-14-15-16-17-18-20-19-21;4-1-7-2(5)9-3(6)8-1/h2-18H2,1H3;(H6,4,5,6,7,8,9). The molecule has 0 aliphatic heterocycles. The number of hydrogen-bond donors (Lipinski definition) is 3. The van der Waals surface area contributed by atoms with Crippen LogP contribution in [0.25, 0.3) is 0 Å². The zero-order chi connectivity index (χ0) is 22.3. The third-order valence-corrected chi connectivity index (χ3v) is 4.88. The molecule has 1 aromatic heterocycles. The molecule has 0 aliphatic carbocycles. The number of anilines is 3. The fourth-order valence-corrected chi connectivity index (χ4v) is 3.21. The Morgan fingerprint density at radius 2 is 0.900 bits per heavy atom. The second-order valence-electron chi connectivity index (χ2n) is 7.69. The summed E-state index contributed by atoms with van der Waals surface area (Å²) >= 11 is 0. The number of aliphatic imine (C=N–C) groups is 1. The van der Waals surface area contributed by atoms with E-state index in [4.69, 9.17) is 17.2 Å². The van der Waals surface area contributed by atoms with E-state index < -0.39 is 0 Å². The molecule has 0 saturated carbocycles. The van der Waals surface area contributed by atoms with E-state index in [9.17, 15) is 4.79 Å². The molecule has 0 aromatic carbocycles. The van der Waals surface area contributed by atoms with Gasteiger partial charge in [0.2, 0.25) is 23.9 Å². The second kappa shape index (κ2) is 21.5. The van der Waals surface area contributed by atoms with Gasteiger partial charge in [0.1, 0.15) is 0 Å². The maximum absolute atomic E-state index is 9.87. The van der Waals surface area contributed by atoms with Gasteiger partial charge in [-0.3, -0.25) is 0 Å². The van der Waals surface area contributed by atoms with Gasteiger partial charge in [-0.15, -0.1) is 0 Å². The van der Waals surface area contributed by atoms with Gasteiger partial charge in [-0.05, 0) is 6.42 Å². The molecule has 0 fully saturated rings. The molecular formula is C22H43N7O. The molecule has 6 N–H and O–H groups in total. The number of isocyanates is 1. The van der Waals surface area contributed by atoms with Crippen molar-refractivity contribution >= 4 is 23.9 Å². The van der Waals surface area contributed by atoms with Gasteiger partial charge in [-0.25, -0.2) is 9.79 Å². The van der Waals surface area contributed by atoms with E-state index in [0.717, 1.165) is 6.42 Å². The lowest BCUT2D eigenvalue weighted by atomic mass is 10.0. The van der Waals surface area contributed by atoms with Crippen molar-refractivity contribution in [2.75, 3.05) is 23.7 Å². The van der Waals surface area contributed by atoms with Crippen LogP contribution in [0.5, 0.6) is 0 Å². The predicted octanol–water partition coefficient (Wildman–Crippen LogP) is 5.20. The summed E-state index contributed by atoms with van der Waals surface area (Å²) < 4.78 is 0. The molecule has 0 atom stereocenters. The van der Waals surface area contributed by atoms with E-state index >= 15 is 0 Å². The Morgan fingerprint density at radius 3 is 1.20 bits per heavy atom. The maximum Gasteiger partial charge on any atom is 0.234 e. The molecular weight excluding hydrogens is 378 g/mol. The maximum atomic E-state index is 9.87. The van der Waals surface area contributed by atoms with Crippen molar-refractivity contribution in [1.29, 1.82) is 0 Å². The third kappa shape index (κ3) is 20.5. The highest BCUT2D eigenvalue weighted by molar-refractivity contribution is 5.33. The third-order valence-electron chi connectivity index (χ3n) is 4.88. The van der Waals surface area contributed by atoms with Gasteiger partial charge in [0.25, 0.3) is 0 Å². The van der Waals surface area contributed by atoms with E-state index in [-0.39, 0.29) is 17.8 Å². The molecule has 172 valence electrons. The topological polar surface area (TPSA) is 146 Å². The molecule has 8 heteroatoms. The Kier molecular flexibility index (Phi) is 19.9. The Balaban J connectivity index is 0.000000769. The zero-order valence-electron chi connectivity index (χ0n) is 18.9. The Labute approximate surface area is 182 Å². The number of nitrogens with zero attached hydrogens (tertiary/aromatic N) is 4. The van der Waals surface area contributed by atoms with Crippen LogP contribution in [0.3, 0.4) is 0 Å². The van der Waals surface area contributed by atoms with Crippen molar-refractivity contribution in [3.8, 4) is 0 Å². The number of nitrogens with two attached hydrogens (primary N) is 3. The van der Waals surface area contributed by atoms with Crippen LogP contribution >= 0.6 is 0 Å². The lowest BCUT2D eigenvalue weighted by Gasteiger charge is -2.03. The largest absolute Gasteiger partial charge is 0.368 e. The van der Waals surface area contributed by atoms with Gasteiger partial charge in [-0.2, -0.15) is 15.0 Å². The summed E-state index contributed by atoms with van der Waals surface area (Å²) in [5.74, 6) is 0.125. The summed E-state index contributed by atoms with van der Waals surface area (Å²) in [6.07, 6.45) is 23.6. The molecule has 1 heterocycles. The molecule has 0 amide bonds. The summed E-state index contributed by atoms with van der Waals surface area (Å²) in [7, 11) is 0. The Bertz CT molecular complexity index is 512. The van der Waals surface area contributed by atoms with E-state index in [1.807, 2.05) is 0 Å². The van der Waals surface area contributed by atoms with Crippen LogP contribution in [-0.4, -0.2) is 27.6 Å². The Hall–Kier alpha value is -2.21. The first kappa shape index (κ1) is 27.8. The van der Waals surface area contributed by atoms with Crippen LogP contribution in [0.15, 0.2) is 4.99 Å². The first-order chi connectivity index (χ1) is 14.6. The minimum Gasteiger partial charge on any atom is -0.368 e. The number of carbonyl (C=O) groups excluding carboxylic acids is 1. The normalized spacial score (nSPS) is 10.2. The Morgan fingerprint density at radius 1 is 0.600 bits per heavy atom. The highest BCUT2D eigenvalue weighted by Crippen LogP contribution is 2.13. The summed E-state index contributed by atoms with van der Waals surface area (Å²) in [6, 6.07) is 0. The number of aromatic nitrogens is 3. The van der Waals surface area contributed by atoms with Crippen molar-refractivity contribution in [1.82, 2.24) is 15.0 Å². The molecule has 0 unspecified atom stereocenters. The summed E-state index contributed by atoms with van der Waals surface area (Å²) in [4.78, 5) is 23.9. The number of rotatable bonds is 17. The summed E-state index contributed by atoms with van der Waals surface area (Å²) in [6.45, 7) is 2.95. The lowest BCUT2D eigenvalue weighted by molar-refractivity contribution is 0.529. The summed E-state index contributed by atoms with van der Waals surface area (Å²) in [5.41, 5.74) is 15.4. The highest BCUT2D eigenvalue weighted by atomic mass is 16.1. The van der Waals surface area contributed by atoms with Gasteiger partial charge in [0, 0.05) is 0 Å². The molecule has 0 aliphatic rings. The number of unbranched alkanes of at least 4 members (excludes halogenated alkanes) is 15. The van der Waals surface area contributed by atoms with E-state index in [0.29, 0.717) is 6.54 Å². The van der Waals surface area contributed by atoms with E-state index in [1.54, 1.807) is 6.08 Å². The van der Waals surface area contributed by atoms with Gasteiger partial charge in [-0.1, -0.05) is 103 Å². The van der Waals surface area contributed by atoms with Crippen molar-refractivity contribution in [2.45, 2.75) is 110 Å². The number of nitrogen functional groups attached to an aromatic ring is 3. The zero-order valence-corrected chi connectivity index (χ0v) is 18.9. The highest BCUT2D eigenvalue weighted by Gasteiger charge is 1.95. The van der Waals surface area contributed by atoms with E-state index in [2.05, 4.69) is 26.9 Å². The number of hydrogen-bond acceptors (Lipinski definition) is 8. The van der Waals surface area contributed by atoms with Crippen molar-refractivity contribution in [3.63, 3.8) is 0 Å². The molecule has 0 saturated heterocycles. The monoisotopic (exact) mass is 421 g/mol. The van der Waals surface area contributed by atoms with Gasteiger partial charge >= 0.3 is 0 Å². The molecule has 0 bridgehead atoms. The average molecular weight is 422 g/mol. The van der Waals surface area contributed by atoms with E-state index in [1.165, 1.54) is 96.3 Å². The quantitative estimate of drug-likeness (QED) is 0.178. The van der Waals surface area contributed by atoms with Gasteiger partial charge in [0.15, 0.2) is 0 Å². The molecule has 0 spiro atoms. The van der Waals surface area contributed by atoms with Crippen molar-refractivity contribution in [2.24, 2.45) is 4.99 Å². The minimum absolute atomic E-state index is 0.0417. The van der Waals surface area contributed by atoms with Gasteiger partial charge in [0.05, 0.1) is 6.54 Å². The molecule has 8 nitrogen and oxygen atoms in total. The molecule has 1 aromatic rings. The van der Waals surface area contributed by atoms with Crippen molar-refractivity contribution in [3.05, 3.63) is 0 Å². The lowest BCUT2D eigenvalue weighted by Crippen LogP contribution is -2.05. The smallest absolute Gasteiger partial charge is 0.234 e. The van der Waals surface area contributed by atoms with Crippen LogP contribution in [0.4, 0.5) is 17.8 Å². The fraction of sp³-hybridized carbons (Fsp3) is 0.818. The molecule has 0 radical (unpaired) electrons. The second-order valence-corrected chi connectivity index (χ2v) is 7.69. The van der Waals surface area contributed by atoms with Crippen LogP contribution in [0.2, 0.25) is 0 Å². The van der Waals surface area contributed by atoms with Crippen LogP contribution in [-0.2, 0) is 4.79 Å². The molecule has 30 heavy (non-hydrogen) atoms. The SMILES string of the molecule is CCCCCCCCCCCCCCCCCCN=C=O.Nc1nc(N)nc(N)n1. The van der Waals surface area contributed by atoms with Gasteiger partial charge < -0.3 is 17.2 Å². The van der Waals surface area contributed by atoms with Crippen LogP contribution < -0.4 is 17.2 Å². The fourth-order valence-electron chi connectivity index (χ4n) is 3.21. The summed E-state index contributed by atoms with van der Waals surface area (Å²) in [5, 5.41) is 0. The predicted molar refractivity (Wildman–Crippen MR) is 126 cm³/mol. The average Bonchev–Trinajstić information content (AvgIpc) is 2.70. The first-order valence-corrected chi connectivity index (χ1v) is 11.7. The molecule has 1 rings (SSSR count).